The highest BCUT2D eigenvalue weighted by Gasteiger charge is 2.21. The lowest BCUT2D eigenvalue weighted by Crippen LogP contribution is -2.26. The zero-order valence-electron chi connectivity index (χ0n) is 22.7. The molecule has 0 aliphatic carbocycles. The monoisotopic (exact) mass is 557 g/mol. The van der Waals surface area contributed by atoms with E-state index in [1.54, 1.807) is 24.4 Å². The van der Waals surface area contributed by atoms with Crippen LogP contribution in [0.1, 0.15) is 27.2 Å². The summed E-state index contributed by atoms with van der Waals surface area (Å²) in [5, 5.41) is 9.66. The number of pyridine rings is 1. The van der Waals surface area contributed by atoms with Gasteiger partial charge in [0.25, 0.3) is 0 Å². The molecule has 2 heterocycles. The average Bonchev–Trinajstić information content (AvgIpc) is 3.39. The van der Waals surface area contributed by atoms with Crippen LogP contribution < -0.4 is 10.0 Å². The van der Waals surface area contributed by atoms with Crippen molar-refractivity contribution in [3.63, 3.8) is 0 Å². The SMILES string of the molecule is CC(C)(C)n1cc(-c2ccnc(NCCCNS(=O)(=O)c3cccc4ccccc34)c2)c(-c2cccc(F)c2)n1. The summed E-state index contributed by atoms with van der Waals surface area (Å²) >= 11 is 0. The molecule has 0 aliphatic rings. The van der Waals surface area contributed by atoms with Gasteiger partial charge < -0.3 is 5.32 Å². The maximum absolute atomic E-state index is 14.0. The molecule has 3 aromatic carbocycles. The molecular formula is C31H32FN5O2S. The standard InChI is InChI=1S/C31H32FN5O2S/c1-31(2,3)37-21-27(30(36-37)24-11-6-12-25(32)19-24)23-15-18-34-29(20-23)33-16-8-17-35-40(38,39)28-14-7-10-22-9-4-5-13-26(22)28/h4-7,9-15,18-21,35H,8,16-17H2,1-3H3,(H,33,34). The van der Waals surface area contributed by atoms with E-state index in [1.165, 1.54) is 12.1 Å². The first-order valence-electron chi connectivity index (χ1n) is 13.2. The van der Waals surface area contributed by atoms with Gasteiger partial charge in [-0.25, -0.2) is 22.5 Å². The van der Waals surface area contributed by atoms with E-state index in [-0.39, 0.29) is 22.8 Å². The number of nitrogens with one attached hydrogen (secondary N) is 2. The highest BCUT2D eigenvalue weighted by atomic mass is 32.2. The Labute approximate surface area is 234 Å². The van der Waals surface area contributed by atoms with Crippen LogP contribution in [0.3, 0.4) is 0 Å². The van der Waals surface area contributed by atoms with E-state index < -0.39 is 10.0 Å². The molecule has 2 N–H and O–H groups in total. The molecule has 0 fully saturated rings. The minimum atomic E-state index is -3.65. The molecule has 7 nitrogen and oxygen atoms in total. The number of halogens is 1. The van der Waals surface area contributed by atoms with Crippen molar-refractivity contribution in [2.24, 2.45) is 0 Å². The summed E-state index contributed by atoms with van der Waals surface area (Å²) in [6, 6.07) is 23.0. The molecule has 206 valence electrons. The first-order chi connectivity index (χ1) is 19.1. The van der Waals surface area contributed by atoms with E-state index in [1.807, 2.05) is 59.4 Å². The molecule has 0 unspecified atom stereocenters. The van der Waals surface area contributed by atoms with Crippen molar-refractivity contribution in [3.8, 4) is 22.4 Å². The summed E-state index contributed by atoms with van der Waals surface area (Å²) < 4.78 is 44.5. The molecule has 2 aromatic heterocycles. The Kier molecular flexibility index (Phi) is 7.69. The Morgan fingerprint density at radius 3 is 2.48 bits per heavy atom. The molecule has 0 saturated heterocycles. The fourth-order valence-corrected chi connectivity index (χ4v) is 5.79. The van der Waals surface area contributed by atoms with Gasteiger partial charge in [-0.2, -0.15) is 5.10 Å². The maximum Gasteiger partial charge on any atom is 0.241 e. The summed E-state index contributed by atoms with van der Waals surface area (Å²) in [6.45, 7) is 6.99. The first-order valence-corrected chi connectivity index (χ1v) is 14.6. The third kappa shape index (κ3) is 6.05. The molecule has 0 radical (unpaired) electrons. The van der Waals surface area contributed by atoms with Crippen LogP contribution in [0.5, 0.6) is 0 Å². The lowest BCUT2D eigenvalue weighted by atomic mass is 10.0. The number of hydrogen-bond acceptors (Lipinski definition) is 5. The van der Waals surface area contributed by atoms with Crippen molar-refractivity contribution >= 4 is 26.6 Å². The Bertz CT molecular complexity index is 1750. The molecular weight excluding hydrogens is 525 g/mol. The van der Waals surface area contributed by atoms with Crippen molar-refractivity contribution in [1.29, 1.82) is 0 Å². The largest absolute Gasteiger partial charge is 0.370 e. The summed E-state index contributed by atoms with van der Waals surface area (Å²) in [5.41, 5.74) is 2.89. The number of sulfonamides is 1. The van der Waals surface area contributed by atoms with E-state index >= 15 is 0 Å². The number of benzene rings is 3. The van der Waals surface area contributed by atoms with Crippen LogP contribution >= 0.6 is 0 Å². The highest BCUT2D eigenvalue weighted by Crippen LogP contribution is 2.34. The smallest absolute Gasteiger partial charge is 0.241 e. The third-order valence-corrected chi connectivity index (χ3v) is 8.08. The topological polar surface area (TPSA) is 88.9 Å². The summed E-state index contributed by atoms with van der Waals surface area (Å²) in [4.78, 5) is 4.70. The van der Waals surface area contributed by atoms with Gasteiger partial charge in [0.05, 0.1) is 10.4 Å². The molecule has 0 atom stereocenters. The van der Waals surface area contributed by atoms with Crippen molar-refractivity contribution in [2.45, 2.75) is 37.6 Å². The molecule has 5 rings (SSSR count). The van der Waals surface area contributed by atoms with E-state index in [4.69, 9.17) is 5.10 Å². The maximum atomic E-state index is 14.0. The Morgan fingerprint density at radius 2 is 1.68 bits per heavy atom. The van der Waals surface area contributed by atoms with Gasteiger partial charge in [-0.3, -0.25) is 4.68 Å². The molecule has 0 amide bonds. The number of nitrogens with zero attached hydrogens (tertiary/aromatic N) is 3. The number of fused-ring (bicyclic) bond motifs is 1. The second-order valence-electron chi connectivity index (χ2n) is 10.6. The van der Waals surface area contributed by atoms with E-state index in [0.29, 0.717) is 35.4 Å². The van der Waals surface area contributed by atoms with Gasteiger partial charge in [0.2, 0.25) is 10.0 Å². The summed E-state index contributed by atoms with van der Waals surface area (Å²) in [6.07, 6.45) is 4.25. The molecule has 0 saturated carbocycles. The molecule has 9 heteroatoms. The highest BCUT2D eigenvalue weighted by molar-refractivity contribution is 7.89. The van der Waals surface area contributed by atoms with Crippen molar-refractivity contribution < 1.29 is 12.8 Å². The number of hydrogen-bond donors (Lipinski definition) is 2. The summed E-state index contributed by atoms with van der Waals surface area (Å²) in [7, 11) is -3.65. The van der Waals surface area contributed by atoms with Gasteiger partial charge in [0, 0.05) is 42.0 Å². The molecule has 0 aliphatic heterocycles. The molecule has 0 spiro atoms. The lowest BCUT2D eigenvalue weighted by Gasteiger charge is -2.18. The average molecular weight is 558 g/mol. The van der Waals surface area contributed by atoms with Crippen LogP contribution in [0, 0.1) is 5.82 Å². The molecule has 5 aromatic rings. The van der Waals surface area contributed by atoms with Crippen molar-refractivity contribution in [1.82, 2.24) is 19.5 Å². The van der Waals surface area contributed by atoms with E-state index in [2.05, 4.69) is 35.8 Å². The lowest BCUT2D eigenvalue weighted by molar-refractivity contribution is 0.356. The minimum absolute atomic E-state index is 0.256. The number of aromatic nitrogens is 3. The van der Waals surface area contributed by atoms with Crippen LogP contribution in [0.4, 0.5) is 10.2 Å². The fourth-order valence-electron chi connectivity index (χ4n) is 4.49. The van der Waals surface area contributed by atoms with E-state index in [0.717, 1.165) is 16.5 Å². The second-order valence-corrected chi connectivity index (χ2v) is 12.3. The predicted octanol–water partition coefficient (Wildman–Crippen LogP) is 6.44. The zero-order valence-corrected chi connectivity index (χ0v) is 23.5. The van der Waals surface area contributed by atoms with Crippen LogP contribution in [0.15, 0.2) is 96.2 Å². The van der Waals surface area contributed by atoms with E-state index in [9.17, 15) is 12.8 Å². The third-order valence-electron chi connectivity index (χ3n) is 6.56. The van der Waals surface area contributed by atoms with Gasteiger partial charge in [-0.15, -0.1) is 0 Å². The minimum Gasteiger partial charge on any atom is -0.370 e. The quantitative estimate of drug-likeness (QED) is 0.204. The summed E-state index contributed by atoms with van der Waals surface area (Å²) in [5.74, 6) is 0.338. The zero-order chi connectivity index (χ0) is 28.3. The molecule has 40 heavy (non-hydrogen) atoms. The number of anilines is 1. The van der Waals surface area contributed by atoms with Gasteiger partial charge in [-0.05, 0) is 68.5 Å². The second kappa shape index (κ2) is 11.2. The van der Waals surface area contributed by atoms with Crippen LogP contribution in [0.2, 0.25) is 0 Å². The van der Waals surface area contributed by atoms with Crippen molar-refractivity contribution in [3.05, 3.63) is 97.1 Å². The van der Waals surface area contributed by atoms with Crippen LogP contribution in [-0.2, 0) is 15.6 Å². The van der Waals surface area contributed by atoms with Crippen LogP contribution in [-0.4, -0.2) is 36.3 Å². The normalized spacial score (nSPS) is 12.1. The Morgan fingerprint density at radius 1 is 0.900 bits per heavy atom. The first kappa shape index (κ1) is 27.5. The Balaban J connectivity index is 1.27. The van der Waals surface area contributed by atoms with Gasteiger partial charge in [0.15, 0.2) is 0 Å². The fraction of sp³-hybridized carbons (Fsp3) is 0.226. The van der Waals surface area contributed by atoms with Crippen molar-refractivity contribution in [2.75, 3.05) is 18.4 Å². The predicted molar refractivity (Wildman–Crippen MR) is 158 cm³/mol. The van der Waals surface area contributed by atoms with Crippen LogP contribution in [0.25, 0.3) is 33.2 Å². The Hall–Kier alpha value is -4.08. The van der Waals surface area contributed by atoms with Gasteiger partial charge >= 0.3 is 0 Å². The molecule has 0 bridgehead atoms. The number of rotatable bonds is 9. The van der Waals surface area contributed by atoms with Gasteiger partial charge in [-0.1, -0.05) is 48.5 Å². The van der Waals surface area contributed by atoms with Gasteiger partial charge in [0.1, 0.15) is 17.3 Å².